The maximum absolute atomic E-state index is 8.65. The molecule has 0 fully saturated rings. The molecule has 2 N–H and O–H groups in total. The molecule has 0 radical (unpaired) electrons. The molecule has 0 unspecified atom stereocenters. The molecule has 3 heteroatoms. The number of benzene rings is 6. The van der Waals surface area contributed by atoms with Gasteiger partial charge in [0.1, 0.15) is 0 Å². The van der Waals surface area contributed by atoms with Crippen LogP contribution in [-0.4, -0.2) is 11.4 Å². The number of hydrogen-bond acceptors (Lipinski definition) is 3. The second-order valence-electron chi connectivity index (χ2n) is 12.2. The first kappa shape index (κ1) is 26.1. The van der Waals surface area contributed by atoms with Gasteiger partial charge in [0.2, 0.25) is 0 Å². The SMILES string of the molecule is CC1(C)c2ccccc2-c2cc(N(c3ccccc3)c3cccc(-c4ccc5ccc6c(c5c4)C(=N)C(=N)C=C6)c3)ccc21. The quantitative estimate of drug-likeness (QED) is 0.219. The Morgan fingerprint density at radius 3 is 2.11 bits per heavy atom. The highest BCUT2D eigenvalue weighted by Crippen LogP contribution is 2.50. The van der Waals surface area contributed by atoms with Crippen molar-refractivity contribution in [2.24, 2.45) is 0 Å². The minimum Gasteiger partial charge on any atom is -0.310 e. The maximum Gasteiger partial charge on any atom is 0.0873 e. The van der Waals surface area contributed by atoms with Crippen LogP contribution in [-0.2, 0) is 5.41 Å². The second kappa shape index (κ2) is 9.75. The predicted octanol–water partition coefficient (Wildman–Crippen LogP) is 10.7. The van der Waals surface area contributed by atoms with Crippen molar-refractivity contribution in [1.82, 2.24) is 0 Å². The van der Waals surface area contributed by atoms with Crippen molar-refractivity contribution in [3.05, 3.63) is 156 Å². The van der Waals surface area contributed by atoms with Gasteiger partial charge in [-0.05, 0) is 98.3 Å². The molecule has 0 aromatic heterocycles. The summed E-state index contributed by atoms with van der Waals surface area (Å²) >= 11 is 0. The van der Waals surface area contributed by atoms with Gasteiger partial charge in [0.05, 0.1) is 11.4 Å². The van der Waals surface area contributed by atoms with Crippen LogP contribution in [0.4, 0.5) is 17.1 Å². The lowest BCUT2D eigenvalue weighted by molar-refractivity contribution is 0.660. The Morgan fingerprint density at radius 1 is 0.545 bits per heavy atom. The summed E-state index contributed by atoms with van der Waals surface area (Å²) in [7, 11) is 0. The number of hydrogen-bond donors (Lipinski definition) is 2. The average Bonchev–Trinajstić information content (AvgIpc) is 3.29. The summed E-state index contributed by atoms with van der Waals surface area (Å²) in [6, 6.07) is 45.5. The van der Waals surface area contributed by atoms with Crippen LogP contribution in [0.3, 0.4) is 0 Å². The monoisotopic (exact) mass is 565 g/mol. The summed E-state index contributed by atoms with van der Waals surface area (Å²) in [4.78, 5) is 2.34. The lowest BCUT2D eigenvalue weighted by Gasteiger charge is -2.27. The van der Waals surface area contributed by atoms with E-state index < -0.39 is 0 Å². The van der Waals surface area contributed by atoms with Gasteiger partial charge in [-0.25, -0.2) is 0 Å². The van der Waals surface area contributed by atoms with Crippen molar-refractivity contribution >= 4 is 45.3 Å². The van der Waals surface area contributed by atoms with Gasteiger partial charge in [0, 0.05) is 28.0 Å². The number of nitrogens with one attached hydrogen (secondary N) is 2. The smallest absolute Gasteiger partial charge is 0.0873 e. The average molecular weight is 566 g/mol. The van der Waals surface area contributed by atoms with E-state index in [1.165, 1.54) is 22.3 Å². The molecule has 0 amide bonds. The van der Waals surface area contributed by atoms with Crippen molar-refractivity contribution in [1.29, 1.82) is 10.8 Å². The van der Waals surface area contributed by atoms with Gasteiger partial charge in [0.25, 0.3) is 0 Å². The number of nitrogens with zero attached hydrogens (tertiary/aromatic N) is 1. The van der Waals surface area contributed by atoms with Gasteiger partial charge < -0.3 is 4.90 Å². The highest BCUT2D eigenvalue weighted by atomic mass is 15.1. The van der Waals surface area contributed by atoms with Crippen LogP contribution in [0, 0.1) is 10.8 Å². The van der Waals surface area contributed by atoms with Crippen LogP contribution >= 0.6 is 0 Å². The number of allylic oxidation sites excluding steroid dienone is 1. The van der Waals surface area contributed by atoms with Crippen molar-refractivity contribution in [3.63, 3.8) is 0 Å². The van der Waals surface area contributed by atoms with Crippen LogP contribution in [0.5, 0.6) is 0 Å². The fraction of sp³-hybridized carbons (Fsp3) is 0.0732. The van der Waals surface area contributed by atoms with E-state index in [9.17, 15) is 0 Å². The van der Waals surface area contributed by atoms with Crippen molar-refractivity contribution in [2.45, 2.75) is 19.3 Å². The molecule has 0 aliphatic heterocycles. The minimum absolute atomic E-state index is 0.0398. The number of fused-ring (bicyclic) bond motifs is 6. The molecule has 6 aromatic carbocycles. The Hall–Kier alpha value is -5.54. The van der Waals surface area contributed by atoms with E-state index >= 15 is 0 Å². The molecule has 6 aromatic rings. The Labute approximate surface area is 257 Å². The highest BCUT2D eigenvalue weighted by Gasteiger charge is 2.35. The minimum atomic E-state index is -0.0398. The first-order valence-corrected chi connectivity index (χ1v) is 15.0. The summed E-state index contributed by atoms with van der Waals surface area (Å²) in [6.07, 6.45) is 3.65. The van der Waals surface area contributed by atoms with E-state index in [-0.39, 0.29) is 16.8 Å². The van der Waals surface area contributed by atoms with Crippen molar-refractivity contribution < 1.29 is 0 Å². The molecular weight excluding hydrogens is 534 g/mol. The summed E-state index contributed by atoms with van der Waals surface area (Å²) in [5.41, 5.74) is 13.1. The van der Waals surface area contributed by atoms with Gasteiger partial charge in [-0.2, -0.15) is 0 Å². The van der Waals surface area contributed by atoms with E-state index in [1.54, 1.807) is 6.08 Å². The van der Waals surface area contributed by atoms with Gasteiger partial charge >= 0.3 is 0 Å². The first-order chi connectivity index (χ1) is 21.4. The van der Waals surface area contributed by atoms with Gasteiger partial charge in [0.15, 0.2) is 0 Å². The summed E-state index contributed by atoms with van der Waals surface area (Å²) in [5.74, 6) is 0. The van der Waals surface area contributed by atoms with Gasteiger partial charge in [-0.1, -0.05) is 105 Å². The van der Waals surface area contributed by atoms with Gasteiger partial charge in [-0.15, -0.1) is 0 Å². The zero-order valence-corrected chi connectivity index (χ0v) is 24.7. The zero-order chi connectivity index (χ0) is 30.0. The molecule has 44 heavy (non-hydrogen) atoms. The van der Waals surface area contributed by atoms with Crippen LogP contribution in [0.1, 0.15) is 36.1 Å². The lowest BCUT2D eigenvalue weighted by Crippen LogP contribution is -2.16. The molecule has 3 nitrogen and oxygen atoms in total. The highest BCUT2D eigenvalue weighted by molar-refractivity contribution is 6.53. The molecule has 2 aliphatic rings. The fourth-order valence-corrected chi connectivity index (χ4v) is 7.02. The third-order valence-electron chi connectivity index (χ3n) is 9.28. The summed E-state index contributed by atoms with van der Waals surface area (Å²) in [5, 5.41) is 19.0. The van der Waals surface area contributed by atoms with Crippen molar-refractivity contribution in [2.75, 3.05) is 4.90 Å². The largest absolute Gasteiger partial charge is 0.310 e. The lowest BCUT2D eigenvalue weighted by atomic mass is 9.82. The molecule has 0 bridgehead atoms. The molecule has 0 spiro atoms. The Bertz CT molecular complexity index is 2190. The fourth-order valence-electron chi connectivity index (χ4n) is 7.02. The van der Waals surface area contributed by atoms with E-state index in [0.717, 1.165) is 50.1 Å². The Kier molecular flexibility index (Phi) is 5.79. The van der Waals surface area contributed by atoms with Crippen LogP contribution in [0.2, 0.25) is 0 Å². The molecule has 0 saturated carbocycles. The topological polar surface area (TPSA) is 50.9 Å². The Morgan fingerprint density at radius 2 is 1.25 bits per heavy atom. The number of rotatable bonds is 4. The molecule has 8 rings (SSSR count). The molecular formula is C41H31N3. The summed E-state index contributed by atoms with van der Waals surface area (Å²) in [6.45, 7) is 4.63. The zero-order valence-electron chi connectivity index (χ0n) is 24.7. The van der Waals surface area contributed by atoms with Crippen LogP contribution in [0.25, 0.3) is 39.1 Å². The van der Waals surface area contributed by atoms with Crippen LogP contribution < -0.4 is 4.90 Å². The van der Waals surface area contributed by atoms with E-state index in [2.05, 4.69) is 140 Å². The first-order valence-electron chi connectivity index (χ1n) is 15.0. The molecule has 0 saturated heterocycles. The second-order valence-corrected chi connectivity index (χ2v) is 12.2. The molecule has 210 valence electrons. The van der Waals surface area contributed by atoms with Gasteiger partial charge in [-0.3, -0.25) is 10.8 Å². The van der Waals surface area contributed by atoms with Crippen molar-refractivity contribution in [3.8, 4) is 22.3 Å². The maximum atomic E-state index is 8.65. The van der Waals surface area contributed by atoms with E-state index in [4.69, 9.17) is 10.8 Å². The Balaban J connectivity index is 1.27. The van der Waals surface area contributed by atoms with Crippen LogP contribution in [0.15, 0.2) is 133 Å². The third-order valence-corrected chi connectivity index (χ3v) is 9.28. The normalized spacial score (nSPS) is 14.3. The molecule has 0 atom stereocenters. The summed E-state index contributed by atoms with van der Waals surface area (Å²) < 4.78 is 0. The molecule has 2 aliphatic carbocycles. The number of anilines is 3. The van der Waals surface area contributed by atoms with E-state index in [1.807, 2.05) is 12.1 Å². The molecule has 0 heterocycles. The standard InChI is InChI=1S/C41H31N3/c1-41(2)36-14-7-6-13-33(36)35-25-32(20-21-37(35)41)44(30-10-4-3-5-11-30)31-12-8-9-28(23-31)29-18-16-26-15-17-27-19-22-38(42)40(43)39(27)34(26)24-29/h3-25,42-43H,1-2H3. The predicted molar refractivity (Wildman–Crippen MR) is 185 cm³/mol. The third kappa shape index (κ3) is 3.97. The number of para-hydroxylation sites is 1. The van der Waals surface area contributed by atoms with E-state index in [0.29, 0.717) is 0 Å².